The standard InChI is InChI=1S/C18H22BNO4/c1-6-22-16(21)13-9-7-8-12-14(10-11-20-15(12)13)19-23-17(2,3)18(4,5)24-19/h7-11H,6H2,1-5H3. The van der Waals surface area contributed by atoms with Gasteiger partial charge in [-0.15, -0.1) is 0 Å². The number of esters is 1. The van der Waals surface area contributed by atoms with Gasteiger partial charge in [0, 0.05) is 11.6 Å². The lowest BCUT2D eigenvalue weighted by Gasteiger charge is -2.32. The zero-order valence-corrected chi connectivity index (χ0v) is 14.8. The molecule has 0 N–H and O–H groups in total. The quantitative estimate of drug-likeness (QED) is 0.641. The second-order valence-corrected chi connectivity index (χ2v) is 6.91. The highest BCUT2D eigenvalue weighted by molar-refractivity contribution is 6.65. The maximum Gasteiger partial charge on any atom is 0.495 e. The summed E-state index contributed by atoms with van der Waals surface area (Å²) in [6.45, 7) is 10.2. The van der Waals surface area contributed by atoms with E-state index in [2.05, 4.69) is 4.98 Å². The number of hydrogen-bond donors (Lipinski definition) is 0. The molecule has 0 atom stereocenters. The minimum Gasteiger partial charge on any atom is -0.462 e. The molecule has 2 aromatic rings. The van der Waals surface area contributed by atoms with Gasteiger partial charge in [0.2, 0.25) is 0 Å². The normalized spacial score (nSPS) is 18.8. The molecule has 1 saturated heterocycles. The average molecular weight is 327 g/mol. The number of hydrogen-bond acceptors (Lipinski definition) is 5. The molecule has 0 unspecified atom stereocenters. The van der Waals surface area contributed by atoms with E-state index in [1.54, 1.807) is 19.2 Å². The highest BCUT2D eigenvalue weighted by Crippen LogP contribution is 2.37. The zero-order chi connectivity index (χ0) is 17.5. The molecular weight excluding hydrogens is 305 g/mol. The zero-order valence-electron chi connectivity index (χ0n) is 14.8. The molecule has 1 aromatic carbocycles. The molecule has 0 spiro atoms. The predicted octanol–water partition coefficient (Wildman–Crippen LogP) is 2.71. The van der Waals surface area contributed by atoms with E-state index in [4.69, 9.17) is 14.0 Å². The SMILES string of the molecule is CCOC(=O)c1cccc2c(B3OC(C)(C)C(C)(C)O3)ccnc12. The molecule has 0 amide bonds. The summed E-state index contributed by atoms with van der Waals surface area (Å²) in [4.78, 5) is 16.5. The first kappa shape index (κ1) is 16.9. The monoisotopic (exact) mass is 327 g/mol. The molecule has 5 nitrogen and oxygen atoms in total. The molecule has 0 bridgehead atoms. The fraction of sp³-hybridized carbons (Fsp3) is 0.444. The van der Waals surface area contributed by atoms with Crippen LogP contribution < -0.4 is 5.46 Å². The maximum absolute atomic E-state index is 12.2. The molecule has 3 rings (SSSR count). The molecule has 0 aliphatic carbocycles. The molecule has 2 heterocycles. The summed E-state index contributed by atoms with van der Waals surface area (Å²) >= 11 is 0. The summed E-state index contributed by atoms with van der Waals surface area (Å²) < 4.78 is 17.4. The van der Waals surface area contributed by atoms with E-state index < -0.39 is 18.3 Å². The Bertz CT molecular complexity index is 772. The van der Waals surface area contributed by atoms with E-state index in [1.165, 1.54) is 0 Å². The maximum atomic E-state index is 12.2. The van der Waals surface area contributed by atoms with Crippen molar-refractivity contribution in [1.82, 2.24) is 4.98 Å². The van der Waals surface area contributed by atoms with E-state index in [-0.39, 0.29) is 5.97 Å². The number of para-hydroxylation sites is 1. The number of aromatic nitrogens is 1. The van der Waals surface area contributed by atoms with Gasteiger partial charge in [-0.3, -0.25) is 4.98 Å². The van der Waals surface area contributed by atoms with E-state index in [0.29, 0.717) is 17.7 Å². The van der Waals surface area contributed by atoms with Crippen molar-refractivity contribution in [3.05, 3.63) is 36.0 Å². The Morgan fingerprint density at radius 3 is 2.46 bits per heavy atom. The van der Waals surface area contributed by atoms with Crippen molar-refractivity contribution in [2.75, 3.05) is 6.61 Å². The molecule has 0 radical (unpaired) electrons. The summed E-state index contributed by atoms with van der Waals surface area (Å²) in [6.07, 6.45) is 1.67. The summed E-state index contributed by atoms with van der Waals surface area (Å²) in [7, 11) is -0.502. The second-order valence-electron chi connectivity index (χ2n) is 6.91. The van der Waals surface area contributed by atoms with E-state index in [1.807, 2.05) is 45.9 Å². The van der Waals surface area contributed by atoms with Gasteiger partial charge in [0.15, 0.2) is 0 Å². The van der Waals surface area contributed by atoms with E-state index in [0.717, 1.165) is 10.8 Å². The van der Waals surface area contributed by atoms with Crippen molar-refractivity contribution in [1.29, 1.82) is 0 Å². The van der Waals surface area contributed by atoms with Crippen molar-refractivity contribution < 1.29 is 18.8 Å². The number of ether oxygens (including phenoxy) is 1. The second kappa shape index (κ2) is 5.86. The van der Waals surface area contributed by atoms with Gasteiger partial charge in [0.05, 0.1) is 28.9 Å². The van der Waals surface area contributed by atoms with Gasteiger partial charge in [-0.25, -0.2) is 4.79 Å². The fourth-order valence-electron chi connectivity index (χ4n) is 2.75. The van der Waals surface area contributed by atoms with E-state index in [9.17, 15) is 4.79 Å². The van der Waals surface area contributed by atoms with Crippen molar-refractivity contribution in [3.8, 4) is 0 Å². The van der Waals surface area contributed by atoms with Gasteiger partial charge in [0.25, 0.3) is 0 Å². The third-order valence-electron chi connectivity index (χ3n) is 4.81. The topological polar surface area (TPSA) is 57.7 Å². The van der Waals surface area contributed by atoms with Crippen LogP contribution in [0.25, 0.3) is 10.9 Å². The average Bonchev–Trinajstić information content (AvgIpc) is 2.74. The Labute approximate surface area is 142 Å². The Kier molecular flexibility index (Phi) is 4.14. The van der Waals surface area contributed by atoms with Crippen LogP contribution in [0.1, 0.15) is 45.0 Å². The third-order valence-corrected chi connectivity index (χ3v) is 4.81. The van der Waals surface area contributed by atoms with Crippen LogP contribution in [0.5, 0.6) is 0 Å². The van der Waals surface area contributed by atoms with Crippen LogP contribution in [0.2, 0.25) is 0 Å². The van der Waals surface area contributed by atoms with Crippen molar-refractivity contribution in [3.63, 3.8) is 0 Å². The van der Waals surface area contributed by atoms with Crippen LogP contribution in [0.15, 0.2) is 30.5 Å². The van der Waals surface area contributed by atoms with Crippen LogP contribution in [-0.2, 0) is 14.0 Å². The fourth-order valence-corrected chi connectivity index (χ4v) is 2.75. The molecule has 1 fully saturated rings. The van der Waals surface area contributed by atoms with Crippen LogP contribution in [0.3, 0.4) is 0 Å². The number of nitrogens with zero attached hydrogens (tertiary/aromatic N) is 1. The van der Waals surface area contributed by atoms with Crippen LogP contribution in [0.4, 0.5) is 0 Å². The van der Waals surface area contributed by atoms with Gasteiger partial charge < -0.3 is 14.0 Å². The highest BCUT2D eigenvalue weighted by atomic mass is 16.7. The van der Waals surface area contributed by atoms with Gasteiger partial charge in [-0.2, -0.15) is 0 Å². The van der Waals surface area contributed by atoms with Gasteiger partial charge in [0.1, 0.15) is 0 Å². The Morgan fingerprint density at radius 2 is 1.83 bits per heavy atom. The smallest absolute Gasteiger partial charge is 0.462 e. The van der Waals surface area contributed by atoms with E-state index >= 15 is 0 Å². The lowest BCUT2D eigenvalue weighted by molar-refractivity contribution is 0.00578. The Balaban J connectivity index is 2.08. The summed E-state index contributed by atoms with van der Waals surface area (Å²) in [5, 5.41) is 0.835. The molecule has 0 saturated carbocycles. The van der Waals surface area contributed by atoms with Gasteiger partial charge in [-0.05, 0) is 52.2 Å². The summed E-state index contributed by atoms with van der Waals surface area (Å²) in [5.74, 6) is -0.373. The number of fused-ring (bicyclic) bond motifs is 1. The predicted molar refractivity (Wildman–Crippen MR) is 93.4 cm³/mol. The minimum atomic E-state index is -0.502. The van der Waals surface area contributed by atoms with Gasteiger partial charge in [-0.1, -0.05) is 12.1 Å². The number of rotatable bonds is 3. The molecule has 1 aliphatic heterocycles. The third kappa shape index (κ3) is 2.70. The number of carbonyl (C=O) groups excluding carboxylic acids is 1. The van der Waals surface area contributed by atoms with Gasteiger partial charge >= 0.3 is 13.1 Å². The molecule has 6 heteroatoms. The lowest BCUT2D eigenvalue weighted by Crippen LogP contribution is -2.41. The Morgan fingerprint density at radius 1 is 1.17 bits per heavy atom. The molecular formula is C18H22BNO4. The summed E-state index contributed by atoms with van der Waals surface area (Å²) in [5.41, 5.74) is 1.07. The molecule has 24 heavy (non-hydrogen) atoms. The molecule has 1 aromatic heterocycles. The highest BCUT2D eigenvalue weighted by Gasteiger charge is 2.52. The van der Waals surface area contributed by atoms with Crippen LogP contribution in [0, 0.1) is 0 Å². The molecule has 1 aliphatic rings. The lowest BCUT2D eigenvalue weighted by atomic mass is 9.77. The van der Waals surface area contributed by atoms with Crippen molar-refractivity contribution in [2.45, 2.75) is 45.8 Å². The van der Waals surface area contributed by atoms with Crippen LogP contribution >= 0.6 is 0 Å². The summed E-state index contributed by atoms with van der Waals surface area (Å²) in [6, 6.07) is 7.34. The first-order chi connectivity index (χ1) is 11.3. The molecule has 126 valence electrons. The number of carbonyl (C=O) groups is 1. The van der Waals surface area contributed by atoms with Crippen molar-refractivity contribution in [2.24, 2.45) is 0 Å². The number of pyridine rings is 1. The first-order valence-electron chi connectivity index (χ1n) is 8.17. The van der Waals surface area contributed by atoms with Crippen LogP contribution in [-0.4, -0.2) is 35.9 Å². The minimum absolute atomic E-state index is 0.326. The van der Waals surface area contributed by atoms with Crippen molar-refractivity contribution >= 4 is 29.5 Å². The Hall–Kier alpha value is -1.92. The first-order valence-corrected chi connectivity index (χ1v) is 8.17. The number of benzene rings is 1. The largest absolute Gasteiger partial charge is 0.495 e.